The third-order valence-electron chi connectivity index (χ3n) is 6.86. The lowest BCUT2D eigenvalue weighted by Gasteiger charge is -2.21. The molecule has 9 heteroatoms. The summed E-state index contributed by atoms with van der Waals surface area (Å²) < 4.78 is 5.25. The number of aromatic nitrogens is 3. The van der Waals surface area contributed by atoms with Crippen LogP contribution in [-0.4, -0.2) is 39.5 Å². The fourth-order valence-corrected chi connectivity index (χ4v) is 3.96. The Morgan fingerprint density at radius 1 is 0.854 bits per heavy atom. The lowest BCUT2D eigenvalue weighted by Crippen LogP contribution is -2.39. The third kappa shape index (κ3) is 6.62. The highest BCUT2D eigenvalue weighted by atomic mass is 16.5. The Bertz CT molecular complexity index is 1660. The van der Waals surface area contributed by atoms with E-state index in [0.717, 1.165) is 22.3 Å². The summed E-state index contributed by atoms with van der Waals surface area (Å²) >= 11 is 0. The van der Waals surface area contributed by atoms with Crippen molar-refractivity contribution in [3.8, 4) is 28.5 Å². The van der Waals surface area contributed by atoms with Crippen LogP contribution in [0.15, 0.2) is 73.2 Å². The van der Waals surface area contributed by atoms with Gasteiger partial charge in [-0.2, -0.15) is 5.26 Å². The molecule has 0 aliphatic heterocycles. The minimum Gasteiger partial charge on any atom is -0.369 e. The molecule has 0 saturated carbocycles. The molecule has 0 atom stereocenters. The zero-order valence-corrected chi connectivity index (χ0v) is 23.9. The van der Waals surface area contributed by atoms with Gasteiger partial charge in [0.1, 0.15) is 11.4 Å². The van der Waals surface area contributed by atoms with E-state index in [4.69, 9.17) is 4.74 Å². The summed E-state index contributed by atoms with van der Waals surface area (Å²) in [4.78, 5) is 38.6. The molecule has 9 nitrogen and oxygen atoms in total. The summed E-state index contributed by atoms with van der Waals surface area (Å²) in [5.74, 6) is -0.212. The SMILES string of the molecule is COC(C)(C)C(=O)Nc1cc(-c2cc(-c3cc(NC(=O)c4ccnc(C(C)(C)C#N)c4)ccc3C)ccn2)ccn1. The number of rotatable bonds is 8. The van der Waals surface area contributed by atoms with Crippen molar-refractivity contribution in [1.82, 2.24) is 15.0 Å². The maximum Gasteiger partial charge on any atom is 0.257 e. The molecule has 0 saturated heterocycles. The number of carbonyl (C=O) groups is 2. The van der Waals surface area contributed by atoms with E-state index in [-0.39, 0.29) is 11.8 Å². The Kier molecular flexibility index (Phi) is 8.26. The predicted molar refractivity (Wildman–Crippen MR) is 158 cm³/mol. The summed E-state index contributed by atoms with van der Waals surface area (Å²) in [5.41, 5.74) is 4.10. The van der Waals surface area contributed by atoms with Crippen LogP contribution >= 0.6 is 0 Å². The number of hydrogen-bond donors (Lipinski definition) is 2. The van der Waals surface area contributed by atoms with Crippen molar-refractivity contribution in [1.29, 1.82) is 5.26 Å². The second kappa shape index (κ2) is 11.7. The Hall–Kier alpha value is -4.94. The van der Waals surface area contributed by atoms with Gasteiger partial charge in [0.05, 0.1) is 22.9 Å². The monoisotopic (exact) mass is 548 g/mol. The molecule has 0 bridgehead atoms. The minimum absolute atomic E-state index is 0.296. The van der Waals surface area contributed by atoms with Crippen LogP contribution < -0.4 is 10.6 Å². The number of amides is 2. The van der Waals surface area contributed by atoms with Crippen LogP contribution in [0.2, 0.25) is 0 Å². The molecule has 0 radical (unpaired) electrons. The Balaban J connectivity index is 1.59. The van der Waals surface area contributed by atoms with E-state index in [1.165, 1.54) is 13.3 Å². The van der Waals surface area contributed by atoms with Crippen molar-refractivity contribution in [3.63, 3.8) is 0 Å². The van der Waals surface area contributed by atoms with Crippen molar-refractivity contribution < 1.29 is 14.3 Å². The number of nitrogens with one attached hydrogen (secondary N) is 2. The normalized spacial score (nSPS) is 11.4. The maximum absolute atomic E-state index is 13.1. The van der Waals surface area contributed by atoms with E-state index in [2.05, 4.69) is 31.7 Å². The molecule has 0 aliphatic carbocycles. The zero-order chi connectivity index (χ0) is 29.8. The first-order valence-corrected chi connectivity index (χ1v) is 13.0. The Morgan fingerprint density at radius 2 is 1.56 bits per heavy atom. The summed E-state index contributed by atoms with van der Waals surface area (Å²) in [6.07, 6.45) is 4.87. The van der Waals surface area contributed by atoms with Gasteiger partial charge in [0, 0.05) is 42.5 Å². The molecule has 2 N–H and O–H groups in total. The molecule has 1 aromatic carbocycles. The van der Waals surface area contributed by atoms with Crippen molar-refractivity contribution in [3.05, 3.63) is 90.0 Å². The smallest absolute Gasteiger partial charge is 0.257 e. The fourth-order valence-electron chi connectivity index (χ4n) is 3.96. The van der Waals surface area contributed by atoms with Gasteiger partial charge in [0.15, 0.2) is 0 Å². The van der Waals surface area contributed by atoms with E-state index in [0.29, 0.717) is 28.5 Å². The summed E-state index contributed by atoms with van der Waals surface area (Å²) in [5, 5.41) is 15.2. The second-order valence-corrected chi connectivity index (χ2v) is 10.7. The first-order valence-electron chi connectivity index (χ1n) is 13.0. The molecule has 3 aromatic heterocycles. The lowest BCUT2D eigenvalue weighted by molar-refractivity contribution is -0.133. The summed E-state index contributed by atoms with van der Waals surface area (Å²) in [6, 6.07) is 18.6. The van der Waals surface area contributed by atoms with Gasteiger partial charge in [-0.25, -0.2) is 4.98 Å². The van der Waals surface area contributed by atoms with Crippen LogP contribution in [0.4, 0.5) is 11.5 Å². The molecular formula is C32H32N6O3. The standard InChI is InChI=1S/C32H32N6O3/c1-20-7-8-24(37-29(39)23-11-13-35-27(16-23)31(2,3)19-33)18-25(20)21-9-12-34-26(15-21)22-10-14-36-28(17-22)38-30(40)32(4,5)41-6/h7-18H,1-6H3,(H,37,39)(H,36,38,40). The van der Waals surface area contributed by atoms with E-state index in [1.54, 1.807) is 58.3 Å². The van der Waals surface area contributed by atoms with Gasteiger partial charge in [-0.05, 0) is 99.8 Å². The van der Waals surface area contributed by atoms with E-state index in [9.17, 15) is 14.9 Å². The summed E-state index contributed by atoms with van der Waals surface area (Å²) in [6.45, 7) is 8.88. The quantitative estimate of drug-likeness (QED) is 0.279. The lowest BCUT2D eigenvalue weighted by atomic mass is 9.90. The molecule has 41 heavy (non-hydrogen) atoms. The van der Waals surface area contributed by atoms with Crippen molar-refractivity contribution in [2.45, 2.75) is 45.6 Å². The number of anilines is 2. The summed E-state index contributed by atoms with van der Waals surface area (Å²) in [7, 11) is 1.48. The third-order valence-corrected chi connectivity index (χ3v) is 6.86. The van der Waals surface area contributed by atoms with Crippen LogP contribution in [0.3, 0.4) is 0 Å². The first kappa shape index (κ1) is 29.1. The average molecular weight is 549 g/mol. The number of ether oxygens (including phenoxy) is 1. The van der Waals surface area contributed by atoms with Crippen LogP contribution in [0, 0.1) is 18.3 Å². The van der Waals surface area contributed by atoms with E-state index in [1.807, 2.05) is 43.3 Å². The fraction of sp³-hybridized carbons (Fsp3) is 0.250. The zero-order valence-electron chi connectivity index (χ0n) is 23.9. The van der Waals surface area contributed by atoms with Gasteiger partial charge in [0.2, 0.25) is 0 Å². The van der Waals surface area contributed by atoms with Crippen molar-refractivity contribution in [2.75, 3.05) is 17.7 Å². The van der Waals surface area contributed by atoms with Gasteiger partial charge in [-0.15, -0.1) is 0 Å². The van der Waals surface area contributed by atoms with Gasteiger partial charge in [0.25, 0.3) is 11.8 Å². The number of aryl methyl sites for hydroxylation is 1. The first-order chi connectivity index (χ1) is 19.4. The van der Waals surface area contributed by atoms with Crippen LogP contribution in [0.5, 0.6) is 0 Å². The molecule has 0 aliphatic rings. The van der Waals surface area contributed by atoms with Crippen molar-refractivity contribution >= 4 is 23.3 Å². The number of carbonyl (C=O) groups excluding carboxylic acids is 2. The predicted octanol–water partition coefficient (Wildman–Crippen LogP) is 5.93. The highest BCUT2D eigenvalue weighted by molar-refractivity contribution is 6.04. The molecular weight excluding hydrogens is 516 g/mol. The molecule has 2 amide bonds. The Morgan fingerprint density at radius 3 is 2.29 bits per heavy atom. The van der Waals surface area contributed by atoms with Gasteiger partial charge in [-0.1, -0.05) is 6.07 Å². The Labute approximate surface area is 239 Å². The maximum atomic E-state index is 13.1. The number of benzene rings is 1. The van der Waals surface area contributed by atoms with Crippen LogP contribution in [-0.2, 0) is 14.9 Å². The molecule has 4 rings (SSSR count). The van der Waals surface area contributed by atoms with Crippen LogP contribution in [0.1, 0.15) is 49.3 Å². The second-order valence-electron chi connectivity index (χ2n) is 10.7. The number of hydrogen-bond acceptors (Lipinski definition) is 7. The number of pyridine rings is 3. The largest absolute Gasteiger partial charge is 0.369 e. The number of methoxy groups -OCH3 is 1. The molecule has 0 unspecified atom stereocenters. The van der Waals surface area contributed by atoms with Gasteiger partial charge < -0.3 is 15.4 Å². The highest BCUT2D eigenvalue weighted by Gasteiger charge is 2.27. The van der Waals surface area contributed by atoms with Gasteiger partial charge in [-0.3, -0.25) is 19.6 Å². The van der Waals surface area contributed by atoms with Crippen LogP contribution in [0.25, 0.3) is 22.4 Å². The molecule has 0 fully saturated rings. The molecule has 208 valence electrons. The molecule has 4 aromatic rings. The minimum atomic E-state index is -0.999. The van der Waals surface area contributed by atoms with E-state index >= 15 is 0 Å². The molecule has 0 spiro atoms. The number of nitrogens with zero attached hydrogens (tertiary/aromatic N) is 4. The van der Waals surface area contributed by atoms with Gasteiger partial charge >= 0.3 is 0 Å². The van der Waals surface area contributed by atoms with Crippen molar-refractivity contribution in [2.24, 2.45) is 0 Å². The topological polar surface area (TPSA) is 130 Å². The van der Waals surface area contributed by atoms with E-state index < -0.39 is 11.0 Å². The molecule has 3 heterocycles. The average Bonchev–Trinajstić information content (AvgIpc) is 2.98. The number of nitriles is 1. The highest BCUT2D eigenvalue weighted by Crippen LogP contribution is 2.30.